The summed E-state index contributed by atoms with van der Waals surface area (Å²) in [4.78, 5) is 26.9. The standard InChI is InChI=1S/C19H17N3O2/c1-11-2-5-15-13(10-20-17(15)6-11)8-18(23)21-14-4-3-12-7-19(24)22-16(12)9-14/h2-6,9-10,20H,7-8H2,1H3,(H,21,23)(H,22,24). The van der Waals surface area contributed by atoms with E-state index in [0.29, 0.717) is 18.5 Å². The highest BCUT2D eigenvalue weighted by molar-refractivity contribution is 6.01. The Morgan fingerprint density at radius 1 is 1.21 bits per heavy atom. The van der Waals surface area contributed by atoms with E-state index in [9.17, 15) is 9.59 Å². The van der Waals surface area contributed by atoms with Gasteiger partial charge in [0.1, 0.15) is 0 Å². The van der Waals surface area contributed by atoms with E-state index in [1.165, 1.54) is 5.56 Å². The Morgan fingerprint density at radius 3 is 2.96 bits per heavy atom. The molecule has 0 fully saturated rings. The molecular formula is C19H17N3O2. The van der Waals surface area contributed by atoms with E-state index in [1.807, 2.05) is 37.4 Å². The van der Waals surface area contributed by atoms with Gasteiger partial charge in [0.25, 0.3) is 0 Å². The molecule has 1 aliphatic rings. The number of benzene rings is 2. The smallest absolute Gasteiger partial charge is 0.228 e. The van der Waals surface area contributed by atoms with Gasteiger partial charge in [-0.15, -0.1) is 0 Å². The number of carbonyl (C=O) groups is 2. The van der Waals surface area contributed by atoms with Crippen molar-refractivity contribution in [3.8, 4) is 0 Å². The predicted molar refractivity (Wildman–Crippen MR) is 94.1 cm³/mol. The number of carbonyl (C=O) groups excluding carboxylic acids is 2. The zero-order valence-corrected chi connectivity index (χ0v) is 13.3. The van der Waals surface area contributed by atoms with Gasteiger partial charge in [-0.1, -0.05) is 18.2 Å². The van der Waals surface area contributed by atoms with Crippen molar-refractivity contribution in [2.75, 3.05) is 10.6 Å². The lowest BCUT2D eigenvalue weighted by molar-refractivity contribution is -0.116. The van der Waals surface area contributed by atoms with E-state index in [0.717, 1.165) is 27.7 Å². The first-order chi connectivity index (χ1) is 11.6. The van der Waals surface area contributed by atoms with Crippen molar-refractivity contribution in [3.05, 3.63) is 59.3 Å². The Balaban J connectivity index is 1.50. The molecule has 4 rings (SSSR count). The van der Waals surface area contributed by atoms with Crippen molar-refractivity contribution in [1.29, 1.82) is 0 Å². The zero-order chi connectivity index (χ0) is 16.7. The van der Waals surface area contributed by atoms with Gasteiger partial charge in [-0.05, 0) is 41.8 Å². The highest BCUT2D eigenvalue weighted by Gasteiger charge is 2.18. The average Bonchev–Trinajstić information content (AvgIpc) is 3.09. The number of amides is 2. The van der Waals surface area contributed by atoms with Crippen LogP contribution in [0.1, 0.15) is 16.7 Å². The molecule has 0 unspecified atom stereocenters. The molecule has 24 heavy (non-hydrogen) atoms. The SMILES string of the molecule is Cc1ccc2c(CC(=O)Nc3ccc4c(c3)NC(=O)C4)c[nH]c2c1. The van der Waals surface area contributed by atoms with Crippen LogP contribution in [0.5, 0.6) is 0 Å². The summed E-state index contributed by atoms with van der Waals surface area (Å²) >= 11 is 0. The summed E-state index contributed by atoms with van der Waals surface area (Å²) in [7, 11) is 0. The van der Waals surface area contributed by atoms with Crippen molar-refractivity contribution in [2.45, 2.75) is 19.8 Å². The normalized spacial score (nSPS) is 13.0. The number of aryl methyl sites for hydroxylation is 1. The third-order valence-electron chi connectivity index (χ3n) is 4.29. The molecule has 0 saturated carbocycles. The Kier molecular flexibility index (Phi) is 3.34. The molecule has 0 radical (unpaired) electrons. The second kappa shape index (κ2) is 5.53. The molecule has 5 nitrogen and oxygen atoms in total. The van der Waals surface area contributed by atoms with Crippen LogP contribution in [0.4, 0.5) is 11.4 Å². The van der Waals surface area contributed by atoms with E-state index < -0.39 is 0 Å². The Bertz CT molecular complexity index is 972. The van der Waals surface area contributed by atoms with Gasteiger partial charge >= 0.3 is 0 Å². The number of hydrogen-bond donors (Lipinski definition) is 3. The van der Waals surface area contributed by atoms with Crippen LogP contribution in [0.15, 0.2) is 42.6 Å². The Morgan fingerprint density at radius 2 is 2.08 bits per heavy atom. The molecule has 0 spiro atoms. The number of nitrogens with one attached hydrogen (secondary N) is 3. The molecule has 3 N–H and O–H groups in total. The van der Waals surface area contributed by atoms with Crippen LogP contribution < -0.4 is 10.6 Å². The summed E-state index contributed by atoms with van der Waals surface area (Å²) in [5.41, 5.74) is 5.62. The Hall–Kier alpha value is -3.08. The Labute approximate surface area is 139 Å². The molecule has 0 aliphatic carbocycles. The molecule has 0 atom stereocenters. The van der Waals surface area contributed by atoms with Gasteiger partial charge in [0.15, 0.2) is 0 Å². The van der Waals surface area contributed by atoms with Crippen LogP contribution in [0.25, 0.3) is 10.9 Å². The number of rotatable bonds is 3. The minimum atomic E-state index is -0.0826. The summed E-state index contributed by atoms with van der Waals surface area (Å²) in [6.45, 7) is 2.04. The quantitative estimate of drug-likeness (QED) is 0.694. The topological polar surface area (TPSA) is 74.0 Å². The van der Waals surface area contributed by atoms with Crippen molar-refractivity contribution in [2.24, 2.45) is 0 Å². The highest BCUT2D eigenvalue weighted by atomic mass is 16.2. The number of fused-ring (bicyclic) bond motifs is 2. The van der Waals surface area contributed by atoms with Crippen molar-refractivity contribution >= 4 is 34.1 Å². The first-order valence-corrected chi connectivity index (χ1v) is 7.88. The first kappa shape index (κ1) is 14.5. The maximum atomic E-state index is 12.3. The lowest BCUT2D eigenvalue weighted by atomic mass is 10.1. The lowest BCUT2D eigenvalue weighted by Gasteiger charge is -2.07. The summed E-state index contributed by atoms with van der Waals surface area (Å²) in [6.07, 6.45) is 2.58. The third kappa shape index (κ3) is 2.65. The molecule has 0 saturated heterocycles. The molecule has 1 aromatic heterocycles. The fourth-order valence-electron chi connectivity index (χ4n) is 3.12. The number of aromatic nitrogens is 1. The maximum Gasteiger partial charge on any atom is 0.228 e. The van der Waals surface area contributed by atoms with Gasteiger partial charge in [-0.25, -0.2) is 0 Å². The molecule has 0 bridgehead atoms. The minimum Gasteiger partial charge on any atom is -0.361 e. The third-order valence-corrected chi connectivity index (χ3v) is 4.29. The molecule has 1 aliphatic heterocycles. The average molecular weight is 319 g/mol. The monoisotopic (exact) mass is 319 g/mol. The zero-order valence-electron chi connectivity index (χ0n) is 13.3. The van der Waals surface area contributed by atoms with E-state index in [4.69, 9.17) is 0 Å². The van der Waals surface area contributed by atoms with E-state index in [1.54, 1.807) is 6.07 Å². The van der Waals surface area contributed by atoms with Gasteiger partial charge < -0.3 is 15.6 Å². The highest BCUT2D eigenvalue weighted by Crippen LogP contribution is 2.26. The predicted octanol–water partition coefficient (Wildman–Crippen LogP) is 3.15. The van der Waals surface area contributed by atoms with Gasteiger partial charge in [-0.3, -0.25) is 9.59 Å². The molecule has 2 amide bonds. The molecule has 2 heterocycles. The number of hydrogen-bond acceptors (Lipinski definition) is 2. The van der Waals surface area contributed by atoms with Crippen molar-refractivity contribution in [1.82, 2.24) is 4.98 Å². The first-order valence-electron chi connectivity index (χ1n) is 7.88. The van der Waals surface area contributed by atoms with E-state index >= 15 is 0 Å². The molecule has 5 heteroatoms. The molecule has 3 aromatic rings. The van der Waals surface area contributed by atoms with Gasteiger partial charge in [0, 0.05) is 28.5 Å². The molecule has 2 aromatic carbocycles. The fourth-order valence-corrected chi connectivity index (χ4v) is 3.12. The number of anilines is 2. The van der Waals surface area contributed by atoms with Crippen LogP contribution in [0, 0.1) is 6.92 Å². The number of H-pyrrole nitrogens is 1. The van der Waals surface area contributed by atoms with Crippen molar-refractivity contribution < 1.29 is 9.59 Å². The summed E-state index contributed by atoms with van der Waals surface area (Å²) in [6, 6.07) is 11.7. The maximum absolute atomic E-state index is 12.3. The summed E-state index contributed by atoms with van der Waals surface area (Å²) < 4.78 is 0. The fraction of sp³-hybridized carbons (Fsp3) is 0.158. The van der Waals surface area contributed by atoms with Crippen LogP contribution in [0.3, 0.4) is 0 Å². The molecule has 120 valence electrons. The van der Waals surface area contributed by atoms with E-state index in [2.05, 4.69) is 21.7 Å². The summed E-state index contributed by atoms with van der Waals surface area (Å²) in [5, 5.41) is 6.75. The number of aromatic amines is 1. The second-order valence-corrected chi connectivity index (χ2v) is 6.18. The van der Waals surface area contributed by atoms with Gasteiger partial charge in [0.05, 0.1) is 12.8 Å². The van der Waals surface area contributed by atoms with Crippen LogP contribution in [-0.4, -0.2) is 16.8 Å². The van der Waals surface area contributed by atoms with Crippen LogP contribution in [-0.2, 0) is 22.4 Å². The second-order valence-electron chi connectivity index (χ2n) is 6.18. The summed E-state index contributed by atoms with van der Waals surface area (Å²) in [5.74, 6) is -0.0942. The van der Waals surface area contributed by atoms with Crippen LogP contribution >= 0.6 is 0 Å². The van der Waals surface area contributed by atoms with Crippen molar-refractivity contribution in [3.63, 3.8) is 0 Å². The van der Waals surface area contributed by atoms with Gasteiger partial charge in [-0.2, -0.15) is 0 Å². The lowest BCUT2D eigenvalue weighted by Crippen LogP contribution is -2.14. The minimum absolute atomic E-state index is 0.0115. The van der Waals surface area contributed by atoms with Gasteiger partial charge in [0.2, 0.25) is 11.8 Å². The van der Waals surface area contributed by atoms with E-state index in [-0.39, 0.29) is 11.8 Å². The largest absolute Gasteiger partial charge is 0.361 e. The molecular weight excluding hydrogens is 302 g/mol. The van der Waals surface area contributed by atoms with Crippen LogP contribution in [0.2, 0.25) is 0 Å².